The molecule has 1 saturated heterocycles. The second-order valence-corrected chi connectivity index (χ2v) is 5.19. The van der Waals surface area contributed by atoms with Gasteiger partial charge in [0, 0.05) is 12.1 Å². The monoisotopic (exact) mass is 226 g/mol. The van der Waals surface area contributed by atoms with Gasteiger partial charge in [-0.15, -0.1) is 0 Å². The molecule has 0 saturated carbocycles. The summed E-state index contributed by atoms with van der Waals surface area (Å²) < 4.78 is 0. The van der Waals surface area contributed by atoms with Gasteiger partial charge in [0.25, 0.3) is 0 Å². The molecule has 0 aromatic heterocycles. The van der Waals surface area contributed by atoms with E-state index in [1.807, 2.05) is 0 Å². The van der Waals surface area contributed by atoms with Crippen LogP contribution in [0.1, 0.15) is 59.3 Å². The van der Waals surface area contributed by atoms with Gasteiger partial charge in [0.05, 0.1) is 0 Å². The smallest absolute Gasteiger partial charge is 0.00926 e. The van der Waals surface area contributed by atoms with Crippen LogP contribution in [-0.2, 0) is 0 Å². The van der Waals surface area contributed by atoms with E-state index in [0.29, 0.717) is 6.04 Å². The van der Waals surface area contributed by atoms with E-state index in [1.165, 1.54) is 51.6 Å². The molecule has 1 aliphatic heterocycles. The molecule has 1 rings (SSSR count). The molecule has 0 bridgehead atoms. The van der Waals surface area contributed by atoms with Crippen molar-refractivity contribution >= 4 is 0 Å². The molecule has 1 aliphatic rings. The predicted molar refractivity (Wildman–Crippen MR) is 71.9 cm³/mol. The predicted octanol–water partition coefficient (Wildman–Crippen LogP) is 3.03. The fourth-order valence-corrected chi connectivity index (χ4v) is 2.87. The lowest BCUT2D eigenvalue weighted by atomic mass is 9.99. The van der Waals surface area contributed by atoms with Gasteiger partial charge < -0.3 is 10.2 Å². The van der Waals surface area contributed by atoms with Crippen LogP contribution in [0.15, 0.2) is 0 Å². The Morgan fingerprint density at radius 3 is 2.81 bits per heavy atom. The Bertz CT molecular complexity index is 170. The second-order valence-electron chi connectivity index (χ2n) is 5.19. The Hall–Kier alpha value is -0.0800. The van der Waals surface area contributed by atoms with Gasteiger partial charge in [0.1, 0.15) is 0 Å². The number of hydrogen-bond acceptors (Lipinski definition) is 2. The average molecular weight is 226 g/mol. The molecule has 2 heteroatoms. The summed E-state index contributed by atoms with van der Waals surface area (Å²) in [6, 6.07) is 1.57. The van der Waals surface area contributed by atoms with Gasteiger partial charge in [-0.3, -0.25) is 0 Å². The van der Waals surface area contributed by atoms with Gasteiger partial charge in [-0.25, -0.2) is 0 Å². The SMILES string of the molecule is CCNC(C)CCCN1CCCCC1CC. The highest BCUT2D eigenvalue weighted by Crippen LogP contribution is 2.19. The first-order chi connectivity index (χ1) is 7.77. The van der Waals surface area contributed by atoms with Crippen molar-refractivity contribution in [3.05, 3.63) is 0 Å². The third kappa shape index (κ3) is 4.84. The van der Waals surface area contributed by atoms with Gasteiger partial charge >= 0.3 is 0 Å². The highest BCUT2D eigenvalue weighted by Gasteiger charge is 2.19. The number of hydrogen-bond donors (Lipinski definition) is 1. The fraction of sp³-hybridized carbons (Fsp3) is 1.00. The topological polar surface area (TPSA) is 15.3 Å². The van der Waals surface area contributed by atoms with Crippen molar-refractivity contribution in [1.82, 2.24) is 10.2 Å². The molecule has 1 heterocycles. The first kappa shape index (κ1) is 14.0. The van der Waals surface area contributed by atoms with Crippen LogP contribution in [0.5, 0.6) is 0 Å². The minimum absolute atomic E-state index is 0.690. The summed E-state index contributed by atoms with van der Waals surface area (Å²) in [7, 11) is 0. The lowest BCUT2D eigenvalue weighted by Crippen LogP contribution is -2.40. The van der Waals surface area contributed by atoms with E-state index in [9.17, 15) is 0 Å². The summed E-state index contributed by atoms with van der Waals surface area (Å²) in [4.78, 5) is 2.72. The zero-order valence-corrected chi connectivity index (χ0v) is 11.5. The summed E-state index contributed by atoms with van der Waals surface area (Å²) in [5.74, 6) is 0. The zero-order chi connectivity index (χ0) is 11.8. The van der Waals surface area contributed by atoms with E-state index in [1.54, 1.807) is 0 Å². The van der Waals surface area contributed by atoms with Crippen LogP contribution >= 0.6 is 0 Å². The Balaban J connectivity index is 2.15. The first-order valence-corrected chi connectivity index (χ1v) is 7.25. The lowest BCUT2D eigenvalue weighted by molar-refractivity contribution is 0.140. The standard InChI is InChI=1S/C14H30N2/c1-4-14-10-6-7-11-16(14)12-8-9-13(3)15-5-2/h13-15H,4-12H2,1-3H3. The summed E-state index contributed by atoms with van der Waals surface area (Å²) in [5.41, 5.74) is 0. The van der Waals surface area contributed by atoms with Crippen molar-refractivity contribution in [3.63, 3.8) is 0 Å². The quantitative estimate of drug-likeness (QED) is 0.718. The van der Waals surface area contributed by atoms with E-state index in [0.717, 1.165) is 12.6 Å². The highest BCUT2D eigenvalue weighted by molar-refractivity contribution is 4.76. The minimum Gasteiger partial charge on any atom is -0.315 e. The molecule has 0 spiro atoms. The summed E-state index contributed by atoms with van der Waals surface area (Å²) >= 11 is 0. The molecule has 0 aromatic carbocycles. The molecule has 2 atom stereocenters. The number of piperidine rings is 1. The number of likely N-dealkylation sites (tertiary alicyclic amines) is 1. The summed E-state index contributed by atoms with van der Waals surface area (Å²) in [5, 5.41) is 3.49. The van der Waals surface area contributed by atoms with Crippen LogP contribution in [0.4, 0.5) is 0 Å². The maximum absolute atomic E-state index is 3.49. The lowest BCUT2D eigenvalue weighted by Gasteiger charge is -2.35. The Morgan fingerprint density at radius 1 is 1.31 bits per heavy atom. The number of rotatable bonds is 7. The zero-order valence-electron chi connectivity index (χ0n) is 11.5. The number of nitrogens with one attached hydrogen (secondary N) is 1. The molecule has 0 radical (unpaired) electrons. The van der Waals surface area contributed by atoms with E-state index >= 15 is 0 Å². The Morgan fingerprint density at radius 2 is 2.12 bits per heavy atom. The maximum Gasteiger partial charge on any atom is 0.00926 e. The third-order valence-electron chi connectivity index (χ3n) is 3.86. The van der Waals surface area contributed by atoms with Gasteiger partial charge in [0.15, 0.2) is 0 Å². The maximum atomic E-state index is 3.49. The average Bonchev–Trinajstić information content (AvgIpc) is 2.30. The van der Waals surface area contributed by atoms with Gasteiger partial charge in [0.2, 0.25) is 0 Å². The fourth-order valence-electron chi connectivity index (χ4n) is 2.87. The van der Waals surface area contributed by atoms with Crippen LogP contribution in [0.25, 0.3) is 0 Å². The first-order valence-electron chi connectivity index (χ1n) is 7.25. The molecular weight excluding hydrogens is 196 g/mol. The van der Waals surface area contributed by atoms with Gasteiger partial charge in [-0.1, -0.05) is 20.3 Å². The van der Waals surface area contributed by atoms with Gasteiger partial charge in [-0.2, -0.15) is 0 Å². The molecule has 0 aliphatic carbocycles. The summed E-state index contributed by atoms with van der Waals surface area (Å²) in [6.45, 7) is 10.6. The second kappa shape index (κ2) is 8.08. The van der Waals surface area contributed by atoms with Crippen molar-refractivity contribution in [2.45, 2.75) is 71.4 Å². The molecule has 0 amide bonds. The Labute approximate surface area is 102 Å². The van der Waals surface area contributed by atoms with Crippen LogP contribution in [0.3, 0.4) is 0 Å². The number of nitrogens with zero attached hydrogens (tertiary/aromatic N) is 1. The van der Waals surface area contributed by atoms with Crippen molar-refractivity contribution in [1.29, 1.82) is 0 Å². The third-order valence-corrected chi connectivity index (χ3v) is 3.86. The van der Waals surface area contributed by atoms with Crippen molar-refractivity contribution in [3.8, 4) is 0 Å². The molecule has 16 heavy (non-hydrogen) atoms. The van der Waals surface area contributed by atoms with Crippen LogP contribution in [0.2, 0.25) is 0 Å². The van der Waals surface area contributed by atoms with Crippen molar-refractivity contribution in [2.75, 3.05) is 19.6 Å². The molecule has 0 aromatic rings. The molecule has 96 valence electrons. The van der Waals surface area contributed by atoms with E-state index in [2.05, 4.69) is 31.0 Å². The van der Waals surface area contributed by atoms with Crippen LogP contribution in [0, 0.1) is 0 Å². The molecule has 1 fully saturated rings. The summed E-state index contributed by atoms with van der Waals surface area (Å²) in [6.07, 6.45) is 8.30. The molecular formula is C14H30N2. The molecule has 2 unspecified atom stereocenters. The van der Waals surface area contributed by atoms with E-state index < -0.39 is 0 Å². The highest BCUT2D eigenvalue weighted by atomic mass is 15.2. The van der Waals surface area contributed by atoms with Crippen molar-refractivity contribution in [2.24, 2.45) is 0 Å². The van der Waals surface area contributed by atoms with Crippen LogP contribution < -0.4 is 5.32 Å². The largest absolute Gasteiger partial charge is 0.315 e. The van der Waals surface area contributed by atoms with Crippen molar-refractivity contribution < 1.29 is 0 Å². The minimum atomic E-state index is 0.690. The van der Waals surface area contributed by atoms with E-state index in [4.69, 9.17) is 0 Å². The van der Waals surface area contributed by atoms with Gasteiger partial charge in [-0.05, 0) is 58.7 Å². The molecule has 2 nitrogen and oxygen atoms in total. The Kier molecular flexibility index (Phi) is 7.06. The molecule has 1 N–H and O–H groups in total. The van der Waals surface area contributed by atoms with E-state index in [-0.39, 0.29) is 0 Å². The normalized spacial score (nSPS) is 24.6. The van der Waals surface area contributed by atoms with Crippen LogP contribution in [-0.4, -0.2) is 36.6 Å².